The highest BCUT2D eigenvalue weighted by Crippen LogP contribution is 2.26. The molecule has 5 heteroatoms. The molecule has 0 radical (unpaired) electrons. The van der Waals surface area contributed by atoms with Gasteiger partial charge in [0.05, 0.1) is 6.04 Å². The minimum atomic E-state index is -0.472. The third-order valence-electron chi connectivity index (χ3n) is 3.34. The Kier molecular flexibility index (Phi) is 3.52. The number of halogens is 1. The molecule has 1 fully saturated rings. The number of carbonyl (C=O) groups excluding carboxylic acids is 1. The predicted molar refractivity (Wildman–Crippen MR) is 65.7 cm³/mol. The Morgan fingerprint density at radius 3 is 2.83 bits per heavy atom. The van der Waals surface area contributed by atoms with Crippen molar-refractivity contribution >= 4 is 5.91 Å². The van der Waals surface area contributed by atoms with Crippen LogP contribution in [0.3, 0.4) is 0 Å². The van der Waals surface area contributed by atoms with Gasteiger partial charge in [-0.2, -0.15) is 0 Å². The van der Waals surface area contributed by atoms with E-state index in [0.717, 1.165) is 19.0 Å². The summed E-state index contributed by atoms with van der Waals surface area (Å²) in [5, 5.41) is 12.8. The molecule has 2 rings (SSSR count). The van der Waals surface area contributed by atoms with Gasteiger partial charge in [0, 0.05) is 31.3 Å². The van der Waals surface area contributed by atoms with E-state index in [1.54, 1.807) is 11.9 Å². The third kappa shape index (κ3) is 2.46. The van der Waals surface area contributed by atoms with E-state index in [0.29, 0.717) is 5.56 Å². The Bertz CT molecular complexity index is 464. The molecule has 18 heavy (non-hydrogen) atoms. The molecule has 4 nitrogen and oxygen atoms in total. The van der Waals surface area contributed by atoms with Gasteiger partial charge in [-0.15, -0.1) is 0 Å². The van der Waals surface area contributed by atoms with Gasteiger partial charge in [0.2, 0.25) is 5.91 Å². The summed E-state index contributed by atoms with van der Waals surface area (Å²) >= 11 is 0. The molecule has 0 aliphatic carbocycles. The van der Waals surface area contributed by atoms with E-state index in [4.69, 9.17) is 0 Å². The Hall–Kier alpha value is -1.62. The number of aromatic hydroxyl groups is 1. The fourth-order valence-corrected chi connectivity index (χ4v) is 2.25. The summed E-state index contributed by atoms with van der Waals surface area (Å²) in [7, 11) is 1.77. The zero-order valence-corrected chi connectivity index (χ0v) is 10.5. The van der Waals surface area contributed by atoms with E-state index >= 15 is 0 Å². The number of hydrogen-bond donors (Lipinski definition) is 2. The first-order valence-corrected chi connectivity index (χ1v) is 5.98. The first-order valence-electron chi connectivity index (χ1n) is 5.98. The Morgan fingerprint density at radius 2 is 2.28 bits per heavy atom. The monoisotopic (exact) mass is 252 g/mol. The molecule has 1 aromatic carbocycles. The molecule has 2 atom stereocenters. The second-order valence-corrected chi connectivity index (χ2v) is 4.69. The average molecular weight is 252 g/mol. The van der Waals surface area contributed by atoms with Gasteiger partial charge in [0.15, 0.2) is 0 Å². The molecule has 1 saturated heterocycles. The van der Waals surface area contributed by atoms with E-state index in [9.17, 15) is 14.3 Å². The van der Waals surface area contributed by atoms with Crippen LogP contribution in [0.25, 0.3) is 0 Å². The second-order valence-electron chi connectivity index (χ2n) is 4.69. The minimum Gasteiger partial charge on any atom is -0.508 e. The van der Waals surface area contributed by atoms with Crippen LogP contribution in [0.5, 0.6) is 5.75 Å². The van der Waals surface area contributed by atoms with Crippen molar-refractivity contribution in [2.24, 2.45) is 0 Å². The molecule has 0 saturated carbocycles. The summed E-state index contributed by atoms with van der Waals surface area (Å²) in [6, 6.07) is 3.48. The molecular weight excluding hydrogens is 235 g/mol. The largest absolute Gasteiger partial charge is 0.508 e. The lowest BCUT2D eigenvalue weighted by Crippen LogP contribution is -2.38. The van der Waals surface area contributed by atoms with E-state index in [1.165, 1.54) is 12.1 Å². The summed E-state index contributed by atoms with van der Waals surface area (Å²) in [5.41, 5.74) is 0.596. The van der Waals surface area contributed by atoms with Crippen LogP contribution in [-0.4, -0.2) is 35.5 Å². The number of likely N-dealkylation sites (N-methyl/N-ethyl adjacent to an activating group) is 1. The molecule has 1 aliphatic heterocycles. The highest BCUT2D eigenvalue weighted by molar-refractivity contribution is 5.83. The van der Waals surface area contributed by atoms with Gasteiger partial charge in [0.1, 0.15) is 11.6 Å². The quantitative estimate of drug-likeness (QED) is 0.855. The highest BCUT2D eigenvalue weighted by atomic mass is 19.1. The summed E-state index contributed by atoms with van der Waals surface area (Å²) in [6.07, 6.45) is 0.752. The van der Waals surface area contributed by atoms with Crippen molar-refractivity contribution in [3.8, 4) is 5.75 Å². The van der Waals surface area contributed by atoms with Crippen LogP contribution < -0.4 is 5.32 Å². The van der Waals surface area contributed by atoms with Gasteiger partial charge in [0.25, 0.3) is 0 Å². The molecule has 0 spiro atoms. The van der Waals surface area contributed by atoms with Crippen LogP contribution in [0.15, 0.2) is 18.2 Å². The standard InChI is InChI=1S/C13H17FN2O2/c1-8(10-4-3-9(14)7-12(10)17)15-11-5-6-16(2)13(11)18/h3-4,7-8,11,15,17H,5-6H2,1-2H3. The van der Waals surface area contributed by atoms with Crippen LogP contribution in [0.4, 0.5) is 4.39 Å². The van der Waals surface area contributed by atoms with Gasteiger partial charge in [-0.3, -0.25) is 10.1 Å². The van der Waals surface area contributed by atoms with Gasteiger partial charge in [-0.05, 0) is 19.4 Å². The predicted octanol–water partition coefficient (Wildman–Crippen LogP) is 1.41. The Balaban J connectivity index is 2.08. The van der Waals surface area contributed by atoms with Crippen molar-refractivity contribution in [1.29, 1.82) is 0 Å². The normalized spacial score (nSPS) is 21.4. The van der Waals surface area contributed by atoms with Crippen LogP contribution in [0.2, 0.25) is 0 Å². The van der Waals surface area contributed by atoms with Crippen molar-refractivity contribution in [3.63, 3.8) is 0 Å². The molecule has 0 bridgehead atoms. The molecule has 98 valence electrons. The van der Waals surface area contributed by atoms with Crippen molar-refractivity contribution in [1.82, 2.24) is 10.2 Å². The fraction of sp³-hybridized carbons (Fsp3) is 0.462. The lowest BCUT2D eigenvalue weighted by atomic mass is 10.1. The fourth-order valence-electron chi connectivity index (χ4n) is 2.25. The Morgan fingerprint density at radius 1 is 1.56 bits per heavy atom. The van der Waals surface area contributed by atoms with Crippen LogP contribution in [-0.2, 0) is 4.79 Å². The molecule has 0 aromatic heterocycles. The van der Waals surface area contributed by atoms with E-state index in [-0.39, 0.29) is 23.7 Å². The molecule has 2 unspecified atom stereocenters. The average Bonchev–Trinajstić information content (AvgIpc) is 2.61. The minimum absolute atomic E-state index is 0.0588. The number of nitrogens with one attached hydrogen (secondary N) is 1. The van der Waals surface area contributed by atoms with E-state index < -0.39 is 5.82 Å². The summed E-state index contributed by atoms with van der Waals surface area (Å²) in [6.45, 7) is 2.58. The molecule has 1 amide bonds. The van der Waals surface area contributed by atoms with Crippen molar-refractivity contribution in [2.45, 2.75) is 25.4 Å². The number of phenolic OH excluding ortho intramolecular Hbond substituents is 1. The smallest absolute Gasteiger partial charge is 0.239 e. The molecular formula is C13H17FN2O2. The SMILES string of the molecule is CC(NC1CCN(C)C1=O)c1ccc(F)cc1O. The van der Waals surface area contributed by atoms with Gasteiger partial charge in [-0.1, -0.05) is 6.07 Å². The van der Waals surface area contributed by atoms with E-state index in [1.807, 2.05) is 6.92 Å². The van der Waals surface area contributed by atoms with Crippen molar-refractivity contribution in [2.75, 3.05) is 13.6 Å². The third-order valence-corrected chi connectivity index (χ3v) is 3.34. The topological polar surface area (TPSA) is 52.6 Å². The van der Waals surface area contributed by atoms with Crippen LogP contribution in [0, 0.1) is 5.82 Å². The van der Waals surface area contributed by atoms with Gasteiger partial charge < -0.3 is 10.0 Å². The van der Waals surface area contributed by atoms with Crippen molar-refractivity contribution in [3.05, 3.63) is 29.6 Å². The molecule has 1 aliphatic rings. The maximum absolute atomic E-state index is 12.9. The number of phenols is 1. The number of likely N-dealkylation sites (tertiary alicyclic amines) is 1. The summed E-state index contributed by atoms with van der Waals surface area (Å²) in [4.78, 5) is 13.4. The number of amides is 1. The van der Waals surface area contributed by atoms with Crippen LogP contribution in [0.1, 0.15) is 24.9 Å². The Labute approximate surface area is 105 Å². The number of rotatable bonds is 3. The highest BCUT2D eigenvalue weighted by Gasteiger charge is 2.30. The number of carbonyl (C=O) groups is 1. The van der Waals surface area contributed by atoms with Crippen molar-refractivity contribution < 1.29 is 14.3 Å². The summed E-state index contributed by atoms with van der Waals surface area (Å²) < 4.78 is 12.9. The second kappa shape index (κ2) is 4.94. The first-order chi connectivity index (χ1) is 8.49. The number of hydrogen-bond acceptors (Lipinski definition) is 3. The zero-order chi connectivity index (χ0) is 13.3. The molecule has 1 heterocycles. The first kappa shape index (κ1) is 12.8. The lowest BCUT2D eigenvalue weighted by molar-refractivity contribution is -0.128. The zero-order valence-electron chi connectivity index (χ0n) is 10.5. The molecule has 1 aromatic rings. The lowest BCUT2D eigenvalue weighted by Gasteiger charge is -2.19. The van der Waals surface area contributed by atoms with Crippen LogP contribution >= 0.6 is 0 Å². The number of nitrogens with zero attached hydrogens (tertiary/aromatic N) is 1. The van der Waals surface area contributed by atoms with E-state index in [2.05, 4.69) is 5.32 Å². The molecule has 2 N–H and O–H groups in total. The maximum Gasteiger partial charge on any atom is 0.239 e. The summed E-state index contributed by atoms with van der Waals surface area (Å²) in [5.74, 6) is -0.502. The number of benzene rings is 1. The maximum atomic E-state index is 12.9. The van der Waals surface area contributed by atoms with Gasteiger partial charge in [-0.25, -0.2) is 4.39 Å². The van der Waals surface area contributed by atoms with Gasteiger partial charge >= 0.3 is 0 Å².